The smallest absolute Gasteiger partial charge is 0.258 e. The van der Waals surface area contributed by atoms with Gasteiger partial charge in [-0.25, -0.2) is 4.98 Å². The van der Waals surface area contributed by atoms with E-state index in [0.29, 0.717) is 17.6 Å². The van der Waals surface area contributed by atoms with Crippen molar-refractivity contribution in [3.8, 4) is 0 Å². The van der Waals surface area contributed by atoms with Crippen molar-refractivity contribution in [1.82, 2.24) is 9.97 Å². The largest absolute Gasteiger partial charge is 0.399 e. The number of rotatable bonds is 3. The van der Waals surface area contributed by atoms with Crippen LogP contribution in [0.15, 0.2) is 53.3 Å². The van der Waals surface area contributed by atoms with Crippen molar-refractivity contribution in [3.63, 3.8) is 0 Å². The molecule has 0 saturated carbocycles. The standard InChI is InChI=1S/C16H15N3O/c17-13-7-3-1-5-11(13)9-10-15-18-14-8-4-2-6-12(14)16(20)19-15/h1-8H,9-10,17H2,(H,18,19,20). The summed E-state index contributed by atoms with van der Waals surface area (Å²) in [5.41, 5.74) is 8.40. The highest BCUT2D eigenvalue weighted by Crippen LogP contribution is 2.13. The number of benzene rings is 2. The van der Waals surface area contributed by atoms with Crippen molar-refractivity contribution in [3.05, 3.63) is 70.3 Å². The third-order valence-corrected chi connectivity index (χ3v) is 3.35. The van der Waals surface area contributed by atoms with Crippen LogP contribution in [0.1, 0.15) is 11.4 Å². The van der Waals surface area contributed by atoms with Gasteiger partial charge in [0.2, 0.25) is 0 Å². The first kappa shape index (κ1) is 12.4. The van der Waals surface area contributed by atoms with Gasteiger partial charge in [0.1, 0.15) is 5.82 Å². The number of para-hydroxylation sites is 2. The molecular formula is C16H15N3O. The number of aromatic amines is 1. The summed E-state index contributed by atoms with van der Waals surface area (Å²) in [5.74, 6) is 0.692. The number of nitrogen functional groups attached to an aromatic ring is 1. The van der Waals surface area contributed by atoms with E-state index in [0.717, 1.165) is 23.2 Å². The molecule has 1 heterocycles. The SMILES string of the molecule is Nc1ccccc1CCc1nc2ccccc2c(=O)[nH]1. The highest BCUT2D eigenvalue weighted by atomic mass is 16.1. The van der Waals surface area contributed by atoms with Gasteiger partial charge in [0.25, 0.3) is 5.56 Å². The van der Waals surface area contributed by atoms with Gasteiger partial charge in [-0.15, -0.1) is 0 Å². The second-order valence-electron chi connectivity index (χ2n) is 4.73. The van der Waals surface area contributed by atoms with Crippen LogP contribution in [-0.4, -0.2) is 9.97 Å². The molecule has 100 valence electrons. The van der Waals surface area contributed by atoms with Gasteiger partial charge in [-0.3, -0.25) is 4.79 Å². The number of fused-ring (bicyclic) bond motifs is 1. The van der Waals surface area contributed by atoms with Crippen molar-refractivity contribution in [2.24, 2.45) is 0 Å². The summed E-state index contributed by atoms with van der Waals surface area (Å²) >= 11 is 0. The van der Waals surface area contributed by atoms with Gasteiger partial charge >= 0.3 is 0 Å². The third kappa shape index (κ3) is 2.40. The zero-order chi connectivity index (χ0) is 13.9. The topological polar surface area (TPSA) is 71.8 Å². The fraction of sp³-hybridized carbons (Fsp3) is 0.125. The molecule has 3 N–H and O–H groups in total. The average Bonchev–Trinajstić information content (AvgIpc) is 2.46. The Balaban J connectivity index is 1.88. The van der Waals surface area contributed by atoms with E-state index in [-0.39, 0.29) is 5.56 Å². The Morgan fingerprint density at radius 1 is 1.00 bits per heavy atom. The molecule has 0 radical (unpaired) electrons. The number of aromatic nitrogens is 2. The maximum atomic E-state index is 12.0. The predicted molar refractivity (Wildman–Crippen MR) is 80.6 cm³/mol. The minimum absolute atomic E-state index is 0.0911. The van der Waals surface area contributed by atoms with Crippen LogP contribution in [0.2, 0.25) is 0 Å². The molecule has 0 saturated heterocycles. The second kappa shape index (κ2) is 5.17. The van der Waals surface area contributed by atoms with E-state index in [2.05, 4.69) is 9.97 Å². The summed E-state index contributed by atoms with van der Waals surface area (Å²) in [7, 11) is 0. The summed E-state index contributed by atoms with van der Waals surface area (Å²) < 4.78 is 0. The second-order valence-corrected chi connectivity index (χ2v) is 4.73. The third-order valence-electron chi connectivity index (χ3n) is 3.35. The van der Waals surface area contributed by atoms with Crippen LogP contribution in [0.3, 0.4) is 0 Å². The molecule has 0 aliphatic heterocycles. The Morgan fingerprint density at radius 3 is 2.60 bits per heavy atom. The highest BCUT2D eigenvalue weighted by Gasteiger charge is 2.04. The molecule has 3 aromatic rings. The Morgan fingerprint density at radius 2 is 1.75 bits per heavy atom. The number of nitrogens with one attached hydrogen (secondary N) is 1. The number of hydrogen-bond acceptors (Lipinski definition) is 3. The molecule has 4 heteroatoms. The maximum absolute atomic E-state index is 12.0. The number of hydrogen-bond donors (Lipinski definition) is 2. The molecule has 0 aliphatic rings. The summed E-state index contributed by atoms with van der Waals surface area (Å²) in [5, 5.41) is 0.621. The monoisotopic (exact) mass is 265 g/mol. The van der Waals surface area contributed by atoms with E-state index in [9.17, 15) is 4.79 Å². The number of aryl methyl sites for hydroxylation is 2. The minimum Gasteiger partial charge on any atom is -0.399 e. The fourth-order valence-electron chi connectivity index (χ4n) is 2.27. The quantitative estimate of drug-likeness (QED) is 0.714. The number of anilines is 1. The average molecular weight is 265 g/mol. The van der Waals surface area contributed by atoms with E-state index in [4.69, 9.17) is 5.73 Å². The lowest BCUT2D eigenvalue weighted by Crippen LogP contribution is -2.12. The summed E-state index contributed by atoms with van der Waals surface area (Å²) in [6.07, 6.45) is 1.42. The Labute approximate surface area is 116 Å². The molecule has 0 aliphatic carbocycles. The van der Waals surface area contributed by atoms with E-state index >= 15 is 0 Å². The first-order valence-corrected chi connectivity index (χ1v) is 6.55. The normalized spacial score (nSPS) is 10.8. The Kier molecular flexibility index (Phi) is 3.21. The van der Waals surface area contributed by atoms with Crippen molar-refractivity contribution in [2.75, 3.05) is 5.73 Å². The Bertz CT molecular complexity index is 808. The zero-order valence-corrected chi connectivity index (χ0v) is 11.0. The molecule has 0 atom stereocenters. The van der Waals surface area contributed by atoms with Crippen LogP contribution in [-0.2, 0) is 12.8 Å². The maximum Gasteiger partial charge on any atom is 0.258 e. The van der Waals surface area contributed by atoms with Gasteiger partial charge in [0, 0.05) is 12.1 Å². The molecule has 3 rings (SSSR count). The van der Waals surface area contributed by atoms with Gasteiger partial charge in [-0.05, 0) is 30.2 Å². The highest BCUT2D eigenvalue weighted by molar-refractivity contribution is 5.77. The van der Waals surface area contributed by atoms with E-state index < -0.39 is 0 Å². The summed E-state index contributed by atoms with van der Waals surface area (Å²) in [6.45, 7) is 0. The van der Waals surface area contributed by atoms with E-state index in [1.165, 1.54) is 0 Å². The van der Waals surface area contributed by atoms with Crippen LogP contribution in [0, 0.1) is 0 Å². The van der Waals surface area contributed by atoms with Crippen LogP contribution in [0.25, 0.3) is 10.9 Å². The fourth-order valence-corrected chi connectivity index (χ4v) is 2.27. The summed E-state index contributed by atoms with van der Waals surface area (Å²) in [4.78, 5) is 19.3. The minimum atomic E-state index is -0.0911. The van der Waals surface area contributed by atoms with E-state index in [1.54, 1.807) is 6.07 Å². The molecule has 0 bridgehead atoms. The van der Waals surface area contributed by atoms with Crippen molar-refractivity contribution < 1.29 is 0 Å². The Hall–Kier alpha value is -2.62. The van der Waals surface area contributed by atoms with Gasteiger partial charge in [-0.1, -0.05) is 30.3 Å². The van der Waals surface area contributed by atoms with Crippen LogP contribution >= 0.6 is 0 Å². The lowest BCUT2D eigenvalue weighted by atomic mass is 10.1. The molecular weight excluding hydrogens is 250 g/mol. The zero-order valence-electron chi connectivity index (χ0n) is 11.0. The molecule has 1 aromatic heterocycles. The van der Waals surface area contributed by atoms with Gasteiger partial charge in [-0.2, -0.15) is 0 Å². The van der Waals surface area contributed by atoms with Crippen LogP contribution < -0.4 is 11.3 Å². The number of H-pyrrole nitrogens is 1. The molecule has 0 amide bonds. The summed E-state index contributed by atoms with van der Waals surface area (Å²) in [6, 6.07) is 15.1. The van der Waals surface area contributed by atoms with Crippen LogP contribution in [0.5, 0.6) is 0 Å². The number of nitrogens with two attached hydrogens (primary N) is 1. The molecule has 0 unspecified atom stereocenters. The molecule has 2 aromatic carbocycles. The first-order chi connectivity index (χ1) is 9.74. The van der Waals surface area contributed by atoms with Gasteiger partial charge in [0.15, 0.2) is 0 Å². The van der Waals surface area contributed by atoms with Gasteiger partial charge < -0.3 is 10.7 Å². The lowest BCUT2D eigenvalue weighted by Gasteiger charge is -2.05. The molecule has 20 heavy (non-hydrogen) atoms. The lowest BCUT2D eigenvalue weighted by molar-refractivity contribution is 0.862. The van der Waals surface area contributed by atoms with Crippen molar-refractivity contribution in [1.29, 1.82) is 0 Å². The molecule has 4 nitrogen and oxygen atoms in total. The van der Waals surface area contributed by atoms with Crippen molar-refractivity contribution in [2.45, 2.75) is 12.8 Å². The van der Waals surface area contributed by atoms with Crippen molar-refractivity contribution >= 4 is 16.6 Å². The number of nitrogens with zero attached hydrogens (tertiary/aromatic N) is 1. The van der Waals surface area contributed by atoms with Gasteiger partial charge in [0.05, 0.1) is 10.9 Å². The first-order valence-electron chi connectivity index (χ1n) is 6.55. The molecule has 0 fully saturated rings. The van der Waals surface area contributed by atoms with Crippen LogP contribution in [0.4, 0.5) is 5.69 Å². The van der Waals surface area contributed by atoms with E-state index in [1.807, 2.05) is 42.5 Å². The predicted octanol–water partition coefficient (Wildman–Crippen LogP) is 2.29. The molecule has 0 spiro atoms.